The van der Waals surface area contributed by atoms with E-state index in [1.807, 2.05) is 9.80 Å². The minimum atomic E-state index is -0.776. The quantitative estimate of drug-likeness (QED) is 0.818. The molecule has 0 radical (unpaired) electrons. The molecule has 0 spiro atoms. The van der Waals surface area contributed by atoms with Gasteiger partial charge in [0.25, 0.3) is 0 Å². The van der Waals surface area contributed by atoms with Crippen LogP contribution in [0.1, 0.15) is 32.6 Å². The van der Waals surface area contributed by atoms with Gasteiger partial charge in [-0.3, -0.25) is 19.4 Å². The lowest BCUT2D eigenvalue weighted by atomic mass is 10.0. The van der Waals surface area contributed by atoms with Crippen molar-refractivity contribution < 1.29 is 14.7 Å². The highest BCUT2D eigenvalue weighted by Gasteiger charge is 2.25. The third-order valence-electron chi connectivity index (χ3n) is 4.52. The van der Waals surface area contributed by atoms with E-state index in [1.165, 1.54) is 6.42 Å². The number of rotatable bonds is 4. The second kappa shape index (κ2) is 7.75. The lowest BCUT2D eigenvalue weighted by molar-refractivity contribution is -0.138. The molecule has 1 amide bonds. The Morgan fingerprint density at radius 1 is 0.952 bits per heavy atom. The highest BCUT2D eigenvalue weighted by Crippen LogP contribution is 2.17. The number of likely N-dealkylation sites (tertiary alicyclic amines) is 1. The van der Waals surface area contributed by atoms with Crippen molar-refractivity contribution in [3.63, 3.8) is 0 Å². The third-order valence-corrected chi connectivity index (χ3v) is 4.52. The van der Waals surface area contributed by atoms with E-state index < -0.39 is 5.97 Å². The SMILES string of the molecule is CC1CCCCN1C(=O)CN1CCCN(CC(=O)O)CC1. The van der Waals surface area contributed by atoms with Crippen molar-refractivity contribution in [3.8, 4) is 0 Å². The zero-order valence-corrected chi connectivity index (χ0v) is 13.0. The number of hydrogen-bond acceptors (Lipinski definition) is 4. The number of piperidine rings is 1. The van der Waals surface area contributed by atoms with Gasteiger partial charge < -0.3 is 10.0 Å². The van der Waals surface area contributed by atoms with E-state index in [0.717, 1.165) is 52.0 Å². The molecule has 0 aromatic carbocycles. The van der Waals surface area contributed by atoms with Crippen molar-refractivity contribution in [3.05, 3.63) is 0 Å². The summed E-state index contributed by atoms with van der Waals surface area (Å²) >= 11 is 0. The van der Waals surface area contributed by atoms with E-state index in [-0.39, 0.29) is 12.5 Å². The molecule has 1 unspecified atom stereocenters. The van der Waals surface area contributed by atoms with Gasteiger partial charge in [-0.05, 0) is 39.2 Å². The second-order valence-electron chi connectivity index (χ2n) is 6.23. The number of carbonyl (C=O) groups is 2. The lowest BCUT2D eigenvalue weighted by Crippen LogP contribution is -2.47. The molecular weight excluding hydrogens is 270 g/mol. The maximum atomic E-state index is 12.4. The Hall–Kier alpha value is -1.14. The predicted molar refractivity (Wildman–Crippen MR) is 80.2 cm³/mol. The summed E-state index contributed by atoms with van der Waals surface area (Å²) in [6.45, 7) is 6.79. The van der Waals surface area contributed by atoms with Gasteiger partial charge in [-0.2, -0.15) is 0 Å². The fraction of sp³-hybridized carbons (Fsp3) is 0.867. The molecule has 0 aromatic rings. The molecule has 0 bridgehead atoms. The van der Waals surface area contributed by atoms with E-state index >= 15 is 0 Å². The molecule has 120 valence electrons. The predicted octanol–water partition coefficient (Wildman–Crippen LogP) is 0.480. The van der Waals surface area contributed by atoms with Crippen LogP contribution >= 0.6 is 0 Å². The summed E-state index contributed by atoms with van der Waals surface area (Å²) in [7, 11) is 0. The Balaban J connectivity index is 1.80. The van der Waals surface area contributed by atoms with Crippen LogP contribution in [0.25, 0.3) is 0 Å². The maximum Gasteiger partial charge on any atom is 0.317 e. The number of carboxylic acid groups (broad SMARTS) is 1. The maximum absolute atomic E-state index is 12.4. The van der Waals surface area contributed by atoms with Gasteiger partial charge in [-0.15, -0.1) is 0 Å². The summed E-state index contributed by atoms with van der Waals surface area (Å²) in [6, 6.07) is 0.363. The molecule has 2 saturated heterocycles. The Morgan fingerprint density at radius 3 is 2.24 bits per heavy atom. The van der Waals surface area contributed by atoms with Crippen LogP contribution in [0.3, 0.4) is 0 Å². The zero-order valence-electron chi connectivity index (χ0n) is 13.0. The summed E-state index contributed by atoms with van der Waals surface area (Å²) in [5, 5.41) is 8.85. The van der Waals surface area contributed by atoms with E-state index in [2.05, 4.69) is 11.8 Å². The minimum absolute atomic E-state index is 0.102. The van der Waals surface area contributed by atoms with Crippen molar-refractivity contribution >= 4 is 11.9 Å². The van der Waals surface area contributed by atoms with Gasteiger partial charge in [-0.25, -0.2) is 0 Å². The van der Waals surface area contributed by atoms with Gasteiger partial charge in [0, 0.05) is 32.2 Å². The molecule has 2 fully saturated rings. The largest absolute Gasteiger partial charge is 0.480 e. The standard InChI is InChI=1S/C15H27N3O3/c1-13-5-2-3-8-18(13)14(19)11-16-6-4-7-17(10-9-16)12-15(20)21/h13H,2-12H2,1H3,(H,20,21). The van der Waals surface area contributed by atoms with Crippen LogP contribution in [0, 0.1) is 0 Å². The van der Waals surface area contributed by atoms with E-state index in [1.54, 1.807) is 0 Å². The number of aliphatic carboxylic acids is 1. The third kappa shape index (κ3) is 4.97. The van der Waals surface area contributed by atoms with Crippen LogP contribution in [-0.4, -0.2) is 83.5 Å². The first-order valence-electron chi connectivity index (χ1n) is 8.02. The van der Waals surface area contributed by atoms with Crippen molar-refractivity contribution in [1.82, 2.24) is 14.7 Å². The van der Waals surface area contributed by atoms with Gasteiger partial charge in [-0.1, -0.05) is 0 Å². The molecule has 21 heavy (non-hydrogen) atoms. The topological polar surface area (TPSA) is 64.1 Å². The van der Waals surface area contributed by atoms with Crippen molar-refractivity contribution in [2.45, 2.75) is 38.6 Å². The average Bonchev–Trinajstić information content (AvgIpc) is 2.64. The van der Waals surface area contributed by atoms with Gasteiger partial charge in [0.1, 0.15) is 0 Å². The summed E-state index contributed by atoms with van der Waals surface area (Å²) in [5.41, 5.74) is 0. The molecule has 6 heteroatoms. The Bertz CT molecular complexity index is 375. The van der Waals surface area contributed by atoms with Crippen molar-refractivity contribution in [2.75, 3.05) is 45.8 Å². The molecule has 1 atom stereocenters. The normalized spacial score (nSPS) is 25.6. The average molecular weight is 297 g/mol. The molecule has 2 rings (SSSR count). The first kappa shape index (κ1) is 16.2. The first-order valence-corrected chi connectivity index (χ1v) is 8.02. The number of hydrogen-bond donors (Lipinski definition) is 1. The Labute approximate surface area is 126 Å². The summed E-state index contributed by atoms with van der Waals surface area (Å²) in [5.74, 6) is -0.546. The summed E-state index contributed by atoms with van der Waals surface area (Å²) < 4.78 is 0. The lowest BCUT2D eigenvalue weighted by Gasteiger charge is -2.35. The second-order valence-corrected chi connectivity index (χ2v) is 6.23. The Kier molecular flexibility index (Phi) is 5.99. The first-order chi connectivity index (χ1) is 10.1. The summed E-state index contributed by atoms with van der Waals surface area (Å²) in [6.07, 6.45) is 4.37. The fourth-order valence-electron chi connectivity index (χ4n) is 3.28. The van der Waals surface area contributed by atoms with Crippen LogP contribution in [-0.2, 0) is 9.59 Å². The van der Waals surface area contributed by atoms with Gasteiger partial charge >= 0.3 is 5.97 Å². The van der Waals surface area contributed by atoms with Gasteiger partial charge in [0.15, 0.2) is 0 Å². The van der Waals surface area contributed by atoms with Crippen LogP contribution in [0.5, 0.6) is 0 Å². The molecule has 2 aliphatic rings. The molecule has 2 heterocycles. The molecule has 2 aliphatic heterocycles. The van der Waals surface area contributed by atoms with Crippen molar-refractivity contribution in [1.29, 1.82) is 0 Å². The van der Waals surface area contributed by atoms with Crippen LogP contribution < -0.4 is 0 Å². The molecule has 0 aliphatic carbocycles. The smallest absolute Gasteiger partial charge is 0.317 e. The van der Waals surface area contributed by atoms with E-state index in [9.17, 15) is 9.59 Å². The number of nitrogens with zero attached hydrogens (tertiary/aromatic N) is 3. The highest BCUT2D eigenvalue weighted by molar-refractivity contribution is 5.78. The molecular formula is C15H27N3O3. The van der Waals surface area contributed by atoms with E-state index in [0.29, 0.717) is 12.6 Å². The number of amides is 1. The zero-order chi connectivity index (χ0) is 15.2. The fourth-order valence-corrected chi connectivity index (χ4v) is 3.28. The van der Waals surface area contributed by atoms with Crippen molar-refractivity contribution in [2.24, 2.45) is 0 Å². The number of carbonyl (C=O) groups excluding carboxylic acids is 1. The van der Waals surface area contributed by atoms with Crippen LogP contribution in [0.4, 0.5) is 0 Å². The molecule has 1 N–H and O–H groups in total. The van der Waals surface area contributed by atoms with Crippen LogP contribution in [0.15, 0.2) is 0 Å². The van der Waals surface area contributed by atoms with E-state index in [4.69, 9.17) is 5.11 Å². The Morgan fingerprint density at radius 2 is 1.62 bits per heavy atom. The van der Waals surface area contributed by atoms with Gasteiger partial charge in [0.05, 0.1) is 13.1 Å². The minimum Gasteiger partial charge on any atom is -0.480 e. The summed E-state index contributed by atoms with van der Waals surface area (Å²) in [4.78, 5) is 29.3. The van der Waals surface area contributed by atoms with Gasteiger partial charge in [0.2, 0.25) is 5.91 Å². The molecule has 6 nitrogen and oxygen atoms in total. The van der Waals surface area contributed by atoms with Crippen LogP contribution in [0.2, 0.25) is 0 Å². The molecule has 0 saturated carbocycles. The highest BCUT2D eigenvalue weighted by atomic mass is 16.4. The monoisotopic (exact) mass is 297 g/mol. The number of carboxylic acids is 1. The molecule has 0 aromatic heterocycles.